The second-order valence-electron chi connectivity index (χ2n) is 9.30. The van der Waals surface area contributed by atoms with Crippen LogP contribution in [-0.4, -0.2) is 36.6 Å². The molecule has 0 unspecified atom stereocenters. The molecule has 0 bridgehead atoms. The number of rotatable bonds is 11. The minimum Gasteiger partial charge on any atom is -0.497 e. The molecule has 39 heavy (non-hydrogen) atoms. The third-order valence-corrected chi connectivity index (χ3v) is 6.22. The van der Waals surface area contributed by atoms with Crippen LogP contribution < -0.4 is 25.4 Å². The first-order valence-corrected chi connectivity index (χ1v) is 12.9. The van der Waals surface area contributed by atoms with Crippen LogP contribution in [0.5, 0.6) is 11.5 Å². The van der Waals surface area contributed by atoms with Crippen molar-refractivity contribution in [3.05, 3.63) is 101 Å². The number of anilines is 3. The zero-order valence-electron chi connectivity index (χ0n) is 23.0. The van der Waals surface area contributed by atoms with Crippen molar-refractivity contribution in [1.29, 1.82) is 0 Å². The molecule has 1 amide bonds. The Labute approximate surface area is 229 Å². The van der Waals surface area contributed by atoms with Gasteiger partial charge in [0.2, 0.25) is 0 Å². The Bertz CT molecular complexity index is 1340. The van der Waals surface area contributed by atoms with E-state index in [0.29, 0.717) is 11.5 Å². The van der Waals surface area contributed by atoms with Gasteiger partial charge in [-0.25, -0.2) is 9.97 Å². The number of nitrogens with zero attached hydrogens (tertiary/aromatic N) is 2. The number of hydrogen-bond acceptors (Lipinski definition) is 7. The van der Waals surface area contributed by atoms with Crippen LogP contribution in [-0.2, 0) is 0 Å². The molecule has 0 saturated carbocycles. The Balaban J connectivity index is 1.70. The van der Waals surface area contributed by atoms with Crippen molar-refractivity contribution in [1.82, 2.24) is 15.3 Å². The normalized spacial score (nSPS) is 10.7. The van der Waals surface area contributed by atoms with Crippen molar-refractivity contribution >= 4 is 23.1 Å². The third-order valence-electron chi connectivity index (χ3n) is 6.22. The Morgan fingerprint density at radius 1 is 0.897 bits per heavy atom. The molecule has 0 saturated heterocycles. The Kier molecular flexibility index (Phi) is 8.99. The van der Waals surface area contributed by atoms with Gasteiger partial charge in [0, 0.05) is 12.2 Å². The van der Waals surface area contributed by atoms with Crippen molar-refractivity contribution < 1.29 is 14.3 Å². The summed E-state index contributed by atoms with van der Waals surface area (Å²) >= 11 is 0. The molecule has 0 atom stereocenters. The Morgan fingerprint density at radius 2 is 1.51 bits per heavy atom. The summed E-state index contributed by atoms with van der Waals surface area (Å²) < 4.78 is 10.7. The quantitative estimate of drug-likeness (QED) is 0.215. The van der Waals surface area contributed by atoms with Gasteiger partial charge in [-0.15, -0.1) is 0 Å². The number of nitrogens with one attached hydrogen (secondary N) is 3. The van der Waals surface area contributed by atoms with Gasteiger partial charge in [0.05, 0.1) is 37.8 Å². The molecule has 0 aliphatic rings. The van der Waals surface area contributed by atoms with Crippen LogP contribution >= 0.6 is 0 Å². The van der Waals surface area contributed by atoms with E-state index in [1.54, 1.807) is 20.4 Å². The lowest BCUT2D eigenvalue weighted by Crippen LogP contribution is -2.30. The zero-order chi connectivity index (χ0) is 27.8. The first kappa shape index (κ1) is 27.4. The maximum absolute atomic E-state index is 13.8. The number of carbonyl (C=O) groups is 1. The highest BCUT2D eigenvalue weighted by molar-refractivity contribution is 5.99. The van der Waals surface area contributed by atoms with Gasteiger partial charge in [-0.1, -0.05) is 31.2 Å². The lowest BCUT2D eigenvalue weighted by atomic mass is 9.98. The monoisotopic (exact) mass is 525 g/mol. The molecule has 4 aromatic rings. The van der Waals surface area contributed by atoms with Gasteiger partial charge in [-0.05, 0) is 79.4 Å². The number of aryl methyl sites for hydroxylation is 2. The van der Waals surface area contributed by atoms with Gasteiger partial charge in [-0.3, -0.25) is 4.79 Å². The SMILES string of the molecule is CCCNc1cnc(C(=O)NC(c2ccc(OC)cc2)c2ccc(OC)cc2)c(Nc2cc(C)cc(C)n2)c1. The van der Waals surface area contributed by atoms with Gasteiger partial charge >= 0.3 is 0 Å². The zero-order valence-corrected chi connectivity index (χ0v) is 23.0. The van der Waals surface area contributed by atoms with Crippen LogP contribution in [0.25, 0.3) is 0 Å². The summed E-state index contributed by atoms with van der Waals surface area (Å²) in [7, 11) is 3.25. The lowest BCUT2D eigenvalue weighted by molar-refractivity contribution is 0.0939. The highest BCUT2D eigenvalue weighted by Gasteiger charge is 2.22. The molecular formula is C31H35N5O3. The molecule has 0 spiro atoms. The predicted molar refractivity (Wildman–Crippen MR) is 155 cm³/mol. The fourth-order valence-electron chi connectivity index (χ4n) is 4.30. The summed E-state index contributed by atoms with van der Waals surface area (Å²) in [4.78, 5) is 23.0. The van der Waals surface area contributed by atoms with E-state index in [9.17, 15) is 4.79 Å². The van der Waals surface area contributed by atoms with Crippen molar-refractivity contribution in [2.45, 2.75) is 33.2 Å². The van der Waals surface area contributed by atoms with Crippen LogP contribution in [0.1, 0.15) is 52.3 Å². The molecule has 8 heteroatoms. The second kappa shape index (κ2) is 12.8. The molecular weight excluding hydrogens is 490 g/mol. The van der Waals surface area contributed by atoms with E-state index in [0.717, 1.165) is 52.5 Å². The number of hydrogen-bond donors (Lipinski definition) is 3. The highest BCUT2D eigenvalue weighted by Crippen LogP contribution is 2.28. The fraction of sp³-hybridized carbons (Fsp3) is 0.258. The van der Waals surface area contributed by atoms with Crippen LogP contribution in [0.15, 0.2) is 72.9 Å². The smallest absolute Gasteiger partial charge is 0.272 e. The molecule has 2 aromatic heterocycles. The first-order valence-electron chi connectivity index (χ1n) is 12.9. The summed E-state index contributed by atoms with van der Waals surface area (Å²) in [5.41, 5.74) is 5.42. The summed E-state index contributed by atoms with van der Waals surface area (Å²) in [5.74, 6) is 1.81. The van der Waals surface area contributed by atoms with Gasteiger partial charge in [-0.2, -0.15) is 0 Å². The maximum atomic E-state index is 13.8. The van der Waals surface area contributed by atoms with Crippen molar-refractivity contribution in [2.24, 2.45) is 0 Å². The summed E-state index contributed by atoms with van der Waals surface area (Å²) in [5, 5.41) is 9.86. The molecule has 0 fully saturated rings. The van der Waals surface area contributed by atoms with Crippen LogP contribution in [0.2, 0.25) is 0 Å². The standard InChI is InChI=1S/C31H35N5O3/c1-6-15-32-24-18-27(35-28-17-20(2)16-21(3)34-28)30(33-19-24)31(37)36-29(22-7-11-25(38-4)12-8-22)23-9-13-26(39-5)14-10-23/h7-14,16-19,29,32H,6,15H2,1-5H3,(H,34,35)(H,36,37). The number of carbonyl (C=O) groups excluding carboxylic acids is 1. The minimum atomic E-state index is -0.429. The Morgan fingerprint density at radius 3 is 2.05 bits per heavy atom. The Hall–Kier alpha value is -4.59. The minimum absolute atomic E-state index is 0.269. The van der Waals surface area contributed by atoms with E-state index in [2.05, 4.69) is 32.8 Å². The number of methoxy groups -OCH3 is 2. The molecule has 202 valence electrons. The molecule has 8 nitrogen and oxygen atoms in total. The van der Waals surface area contributed by atoms with Gasteiger partial charge in [0.1, 0.15) is 17.3 Å². The van der Waals surface area contributed by atoms with Gasteiger partial charge < -0.3 is 25.4 Å². The lowest BCUT2D eigenvalue weighted by Gasteiger charge is -2.21. The van der Waals surface area contributed by atoms with Crippen LogP contribution in [0.3, 0.4) is 0 Å². The van der Waals surface area contributed by atoms with E-state index in [1.165, 1.54) is 0 Å². The largest absolute Gasteiger partial charge is 0.497 e. The molecule has 0 aliphatic carbocycles. The summed E-state index contributed by atoms with van der Waals surface area (Å²) in [6.45, 7) is 6.85. The molecule has 0 radical (unpaired) electrons. The predicted octanol–water partition coefficient (Wildman–Crippen LogP) is 6.20. The number of aromatic nitrogens is 2. The first-order chi connectivity index (χ1) is 18.9. The van der Waals surface area contributed by atoms with Crippen molar-refractivity contribution in [3.63, 3.8) is 0 Å². The summed E-state index contributed by atoms with van der Waals surface area (Å²) in [6, 6.07) is 20.7. The molecule has 2 heterocycles. The molecule has 3 N–H and O–H groups in total. The third kappa shape index (κ3) is 7.04. The van der Waals surface area contributed by atoms with E-state index in [-0.39, 0.29) is 11.6 Å². The number of benzene rings is 2. The van der Waals surface area contributed by atoms with Crippen molar-refractivity contribution in [2.75, 3.05) is 31.4 Å². The molecule has 4 rings (SSSR count). The van der Waals surface area contributed by atoms with E-state index >= 15 is 0 Å². The molecule has 0 aliphatic heterocycles. The van der Waals surface area contributed by atoms with Gasteiger partial charge in [0.15, 0.2) is 5.69 Å². The highest BCUT2D eigenvalue weighted by atomic mass is 16.5. The summed E-state index contributed by atoms with van der Waals surface area (Å²) in [6.07, 6.45) is 2.65. The van der Waals surface area contributed by atoms with Gasteiger partial charge in [0.25, 0.3) is 5.91 Å². The average Bonchev–Trinajstić information content (AvgIpc) is 2.94. The van der Waals surface area contributed by atoms with Crippen LogP contribution in [0.4, 0.5) is 17.2 Å². The van der Waals surface area contributed by atoms with Crippen molar-refractivity contribution in [3.8, 4) is 11.5 Å². The maximum Gasteiger partial charge on any atom is 0.272 e. The van der Waals surface area contributed by atoms with Crippen LogP contribution in [0, 0.1) is 13.8 Å². The van der Waals surface area contributed by atoms with E-state index in [4.69, 9.17) is 9.47 Å². The topological polar surface area (TPSA) is 97.4 Å². The van der Waals surface area contributed by atoms with E-state index in [1.807, 2.05) is 80.6 Å². The number of amides is 1. The average molecular weight is 526 g/mol. The van der Waals surface area contributed by atoms with E-state index < -0.39 is 6.04 Å². The number of pyridine rings is 2. The fourth-order valence-corrected chi connectivity index (χ4v) is 4.30. The second-order valence-corrected chi connectivity index (χ2v) is 9.30. The molecule has 2 aromatic carbocycles. The number of ether oxygens (including phenoxy) is 2.